The second-order valence-corrected chi connectivity index (χ2v) is 6.54. The molecule has 0 spiro atoms. The zero-order valence-electron chi connectivity index (χ0n) is 15.0. The number of hydrogen-bond donors (Lipinski definition) is 2. The molecule has 0 fully saturated rings. The maximum absolute atomic E-state index is 6.08. The van der Waals surface area contributed by atoms with Gasteiger partial charge in [0.2, 0.25) is 5.95 Å². The van der Waals surface area contributed by atoms with Gasteiger partial charge >= 0.3 is 0 Å². The molecule has 0 unspecified atom stereocenters. The van der Waals surface area contributed by atoms with E-state index in [1.54, 1.807) is 31.5 Å². The van der Waals surface area contributed by atoms with E-state index in [2.05, 4.69) is 40.5 Å². The fraction of sp³-hybridized carbons (Fsp3) is 0.200. The Morgan fingerprint density at radius 2 is 1.81 bits per heavy atom. The van der Waals surface area contributed by atoms with Crippen LogP contribution in [0, 0.1) is 0 Å². The minimum absolute atomic E-state index is 0.411. The van der Waals surface area contributed by atoms with Gasteiger partial charge in [0.1, 0.15) is 11.6 Å². The van der Waals surface area contributed by atoms with E-state index in [9.17, 15) is 0 Å². The molecule has 0 atom stereocenters. The molecule has 0 radical (unpaired) electrons. The second-order valence-electron chi connectivity index (χ2n) is 6.10. The summed E-state index contributed by atoms with van der Waals surface area (Å²) in [6.07, 6.45) is 1.70. The zero-order chi connectivity index (χ0) is 18.5. The molecule has 6 heteroatoms. The molecule has 0 saturated heterocycles. The van der Waals surface area contributed by atoms with Gasteiger partial charge in [0.25, 0.3) is 0 Å². The average molecular weight is 369 g/mol. The topological polar surface area (TPSA) is 59.1 Å². The number of halogens is 1. The van der Waals surface area contributed by atoms with Crippen LogP contribution in [0.25, 0.3) is 0 Å². The maximum atomic E-state index is 6.08. The summed E-state index contributed by atoms with van der Waals surface area (Å²) in [7, 11) is 1.61. The Kier molecular flexibility index (Phi) is 5.58. The first kappa shape index (κ1) is 18.0. The highest BCUT2D eigenvalue weighted by molar-refractivity contribution is 6.31. The molecule has 2 aromatic carbocycles. The Labute approximate surface area is 158 Å². The SMILES string of the molecule is COc1ccc(Cl)cc1Nc1nccc(Nc2ccccc2C(C)C)n1. The molecule has 3 rings (SSSR count). The largest absolute Gasteiger partial charge is 0.495 e. The number of para-hydroxylation sites is 1. The van der Waals surface area contributed by atoms with E-state index in [-0.39, 0.29) is 0 Å². The van der Waals surface area contributed by atoms with E-state index in [4.69, 9.17) is 16.3 Å². The first-order chi connectivity index (χ1) is 12.6. The molecule has 1 heterocycles. The van der Waals surface area contributed by atoms with Gasteiger partial charge in [0, 0.05) is 16.9 Å². The normalized spacial score (nSPS) is 10.7. The minimum Gasteiger partial charge on any atom is -0.495 e. The molecule has 5 nitrogen and oxygen atoms in total. The molecular formula is C20H21ClN4O. The van der Waals surface area contributed by atoms with E-state index in [1.165, 1.54) is 5.56 Å². The maximum Gasteiger partial charge on any atom is 0.229 e. The number of methoxy groups -OCH3 is 1. The van der Waals surface area contributed by atoms with E-state index in [0.29, 0.717) is 34.1 Å². The predicted molar refractivity (Wildman–Crippen MR) is 107 cm³/mol. The van der Waals surface area contributed by atoms with Crippen LogP contribution in [0.3, 0.4) is 0 Å². The summed E-state index contributed by atoms with van der Waals surface area (Å²) in [6.45, 7) is 4.33. The van der Waals surface area contributed by atoms with Crippen LogP contribution in [-0.2, 0) is 0 Å². The molecule has 0 aliphatic heterocycles. The fourth-order valence-corrected chi connectivity index (χ4v) is 2.81. The van der Waals surface area contributed by atoms with E-state index < -0.39 is 0 Å². The second kappa shape index (κ2) is 8.06. The highest BCUT2D eigenvalue weighted by Gasteiger charge is 2.09. The Hall–Kier alpha value is -2.79. The van der Waals surface area contributed by atoms with E-state index in [1.807, 2.05) is 24.3 Å². The summed E-state index contributed by atoms with van der Waals surface area (Å²) in [4.78, 5) is 8.81. The third kappa shape index (κ3) is 4.24. The lowest BCUT2D eigenvalue weighted by Crippen LogP contribution is -2.03. The van der Waals surface area contributed by atoms with Crippen molar-refractivity contribution in [2.75, 3.05) is 17.7 Å². The summed E-state index contributed by atoms with van der Waals surface area (Å²) in [6, 6.07) is 15.4. The van der Waals surface area contributed by atoms with Gasteiger partial charge in [0.05, 0.1) is 12.8 Å². The van der Waals surface area contributed by atoms with Gasteiger partial charge in [-0.15, -0.1) is 0 Å². The fourth-order valence-electron chi connectivity index (χ4n) is 2.64. The number of aromatic nitrogens is 2. The van der Waals surface area contributed by atoms with Crippen LogP contribution in [0.15, 0.2) is 54.7 Å². The molecule has 26 heavy (non-hydrogen) atoms. The van der Waals surface area contributed by atoms with Crippen molar-refractivity contribution in [1.29, 1.82) is 0 Å². The van der Waals surface area contributed by atoms with Gasteiger partial charge in [-0.1, -0.05) is 43.6 Å². The third-order valence-electron chi connectivity index (χ3n) is 3.91. The van der Waals surface area contributed by atoms with Crippen LogP contribution in [-0.4, -0.2) is 17.1 Å². The summed E-state index contributed by atoms with van der Waals surface area (Å²) in [5, 5.41) is 7.13. The van der Waals surface area contributed by atoms with Gasteiger partial charge in [-0.2, -0.15) is 4.98 Å². The lowest BCUT2D eigenvalue weighted by molar-refractivity contribution is 0.417. The highest BCUT2D eigenvalue weighted by Crippen LogP contribution is 2.30. The molecule has 3 aromatic rings. The van der Waals surface area contributed by atoms with Crippen molar-refractivity contribution < 1.29 is 4.74 Å². The van der Waals surface area contributed by atoms with Gasteiger partial charge in [-0.05, 0) is 41.8 Å². The molecule has 1 aromatic heterocycles. The van der Waals surface area contributed by atoms with Gasteiger partial charge in [-0.3, -0.25) is 0 Å². The molecule has 0 saturated carbocycles. The first-order valence-electron chi connectivity index (χ1n) is 8.36. The summed E-state index contributed by atoms with van der Waals surface area (Å²) in [5.41, 5.74) is 2.98. The van der Waals surface area contributed by atoms with Crippen molar-refractivity contribution in [2.45, 2.75) is 19.8 Å². The van der Waals surface area contributed by atoms with Gasteiger partial charge in [0.15, 0.2) is 0 Å². The van der Waals surface area contributed by atoms with Crippen molar-refractivity contribution in [1.82, 2.24) is 9.97 Å². The number of nitrogens with one attached hydrogen (secondary N) is 2. The Bertz CT molecular complexity index is 898. The van der Waals surface area contributed by atoms with E-state index in [0.717, 1.165) is 5.69 Å². The molecule has 0 aliphatic carbocycles. The number of ether oxygens (including phenoxy) is 1. The smallest absolute Gasteiger partial charge is 0.229 e. The lowest BCUT2D eigenvalue weighted by atomic mass is 10.0. The van der Waals surface area contributed by atoms with Crippen LogP contribution in [0.2, 0.25) is 5.02 Å². The summed E-state index contributed by atoms with van der Waals surface area (Å²) in [5.74, 6) is 2.24. The Morgan fingerprint density at radius 1 is 1.00 bits per heavy atom. The number of anilines is 4. The van der Waals surface area contributed by atoms with Crippen molar-refractivity contribution in [3.05, 3.63) is 65.3 Å². The van der Waals surface area contributed by atoms with Gasteiger partial charge < -0.3 is 15.4 Å². The van der Waals surface area contributed by atoms with Crippen molar-refractivity contribution in [2.24, 2.45) is 0 Å². The van der Waals surface area contributed by atoms with Crippen molar-refractivity contribution in [3.8, 4) is 5.75 Å². The lowest BCUT2D eigenvalue weighted by Gasteiger charge is -2.15. The number of nitrogens with zero attached hydrogens (tertiary/aromatic N) is 2. The van der Waals surface area contributed by atoms with Crippen LogP contribution in [0.4, 0.5) is 23.1 Å². The van der Waals surface area contributed by atoms with E-state index >= 15 is 0 Å². The molecule has 0 bridgehead atoms. The standard InChI is InChI=1S/C20H21ClN4O/c1-13(2)15-6-4-5-7-16(15)23-19-10-11-22-20(25-19)24-17-12-14(21)8-9-18(17)26-3/h4-13H,1-3H3,(H2,22,23,24,25). The summed E-state index contributed by atoms with van der Waals surface area (Å²) >= 11 is 6.08. The average Bonchev–Trinajstić information content (AvgIpc) is 2.62. The zero-order valence-corrected chi connectivity index (χ0v) is 15.7. The monoisotopic (exact) mass is 368 g/mol. The predicted octanol–water partition coefficient (Wildman–Crippen LogP) is 5.75. The minimum atomic E-state index is 0.411. The third-order valence-corrected chi connectivity index (χ3v) is 4.14. The number of rotatable bonds is 6. The number of benzene rings is 2. The van der Waals surface area contributed by atoms with Gasteiger partial charge in [-0.25, -0.2) is 4.98 Å². The van der Waals surface area contributed by atoms with Crippen LogP contribution in [0.5, 0.6) is 5.75 Å². The summed E-state index contributed by atoms with van der Waals surface area (Å²) < 4.78 is 5.35. The molecule has 0 aliphatic rings. The quantitative estimate of drug-likeness (QED) is 0.580. The molecular weight excluding hydrogens is 348 g/mol. The Balaban J connectivity index is 1.85. The molecule has 2 N–H and O–H groups in total. The highest BCUT2D eigenvalue weighted by atomic mass is 35.5. The van der Waals surface area contributed by atoms with Crippen LogP contribution < -0.4 is 15.4 Å². The van der Waals surface area contributed by atoms with Crippen molar-refractivity contribution in [3.63, 3.8) is 0 Å². The van der Waals surface area contributed by atoms with Crippen LogP contribution >= 0.6 is 11.6 Å². The first-order valence-corrected chi connectivity index (χ1v) is 8.74. The number of hydrogen-bond acceptors (Lipinski definition) is 5. The molecule has 0 amide bonds. The van der Waals surface area contributed by atoms with Crippen LogP contribution in [0.1, 0.15) is 25.3 Å². The Morgan fingerprint density at radius 3 is 2.58 bits per heavy atom. The molecule has 134 valence electrons. The van der Waals surface area contributed by atoms with Crippen molar-refractivity contribution >= 4 is 34.7 Å².